The lowest BCUT2D eigenvalue weighted by Gasteiger charge is -2.45. The molecule has 1 aliphatic carbocycles. The summed E-state index contributed by atoms with van der Waals surface area (Å²) in [5, 5.41) is 3.20. The van der Waals surface area contributed by atoms with Gasteiger partial charge in [-0.25, -0.2) is 4.98 Å². The molecule has 0 unspecified atom stereocenters. The third kappa shape index (κ3) is 4.08. The van der Waals surface area contributed by atoms with Crippen molar-refractivity contribution in [1.29, 1.82) is 0 Å². The predicted octanol–water partition coefficient (Wildman–Crippen LogP) is 2.77. The van der Waals surface area contributed by atoms with Crippen LogP contribution in [0.1, 0.15) is 47.5 Å². The first-order chi connectivity index (χ1) is 16.4. The van der Waals surface area contributed by atoms with E-state index in [1.54, 1.807) is 19.3 Å². The Hall–Kier alpha value is -2.20. The highest BCUT2D eigenvalue weighted by Crippen LogP contribution is 2.42. The predicted molar refractivity (Wildman–Crippen MR) is 128 cm³/mol. The molecule has 1 amide bonds. The Bertz CT molecular complexity index is 1100. The lowest BCUT2D eigenvalue weighted by Crippen LogP contribution is -2.61. The van der Waals surface area contributed by atoms with Gasteiger partial charge in [-0.2, -0.15) is 0 Å². The van der Waals surface area contributed by atoms with Crippen LogP contribution in [-0.4, -0.2) is 75.1 Å². The number of Topliss-reactive ketones (excluding diaryl/α,β-unsaturated/α-hetero) is 2. The molecule has 180 valence electrons. The molecular weight excluding hydrogens is 476 g/mol. The Balaban J connectivity index is 1.33. The van der Waals surface area contributed by atoms with Gasteiger partial charge in [-0.05, 0) is 31.9 Å². The number of halogens is 1. The fourth-order valence-electron chi connectivity index (χ4n) is 5.53. The third-order valence-corrected chi connectivity index (χ3v) is 8.78. The second kappa shape index (κ2) is 9.45. The molecule has 2 aromatic heterocycles. The summed E-state index contributed by atoms with van der Waals surface area (Å²) in [6.45, 7) is 2.16. The van der Waals surface area contributed by atoms with Gasteiger partial charge in [-0.1, -0.05) is 19.3 Å². The second-order valence-electron chi connectivity index (χ2n) is 9.23. The van der Waals surface area contributed by atoms with Crippen LogP contribution in [0.25, 0.3) is 10.6 Å². The second-order valence-corrected chi connectivity index (χ2v) is 10.8. The summed E-state index contributed by atoms with van der Waals surface area (Å²) in [5.74, 6) is -0.406. The number of thiazole rings is 1. The van der Waals surface area contributed by atoms with Gasteiger partial charge in [-0.15, -0.1) is 22.9 Å². The van der Waals surface area contributed by atoms with E-state index in [0.29, 0.717) is 35.0 Å². The van der Waals surface area contributed by atoms with Crippen molar-refractivity contribution in [3.63, 3.8) is 0 Å². The number of pyridine rings is 1. The van der Waals surface area contributed by atoms with Crippen molar-refractivity contribution in [2.24, 2.45) is 0 Å². The lowest BCUT2D eigenvalue weighted by atomic mass is 9.76. The quantitative estimate of drug-likeness (QED) is 0.606. The van der Waals surface area contributed by atoms with Crippen molar-refractivity contribution < 1.29 is 19.1 Å². The zero-order valence-electron chi connectivity index (χ0n) is 19.0. The molecular formula is C24H27ClN4O4S. The maximum atomic E-state index is 13.7. The molecule has 2 aliphatic heterocycles. The van der Waals surface area contributed by atoms with Crippen molar-refractivity contribution in [2.75, 3.05) is 19.7 Å². The molecule has 2 saturated heterocycles. The normalized spacial score (nSPS) is 26.4. The van der Waals surface area contributed by atoms with Crippen molar-refractivity contribution in [1.82, 2.24) is 20.2 Å². The van der Waals surface area contributed by atoms with Gasteiger partial charge in [0.2, 0.25) is 0 Å². The Labute approximate surface area is 207 Å². The molecule has 4 heterocycles. The summed E-state index contributed by atoms with van der Waals surface area (Å²) < 4.78 is 5.64. The molecule has 0 bridgehead atoms. The van der Waals surface area contributed by atoms with E-state index < -0.39 is 11.6 Å². The molecule has 10 heteroatoms. The van der Waals surface area contributed by atoms with Crippen molar-refractivity contribution in [2.45, 2.75) is 62.1 Å². The lowest BCUT2D eigenvalue weighted by molar-refractivity contribution is -0.136. The Morgan fingerprint density at radius 2 is 2.12 bits per heavy atom. The number of amides is 1. The molecule has 3 fully saturated rings. The van der Waals surface area contributed by atoms with Gasteiger partial charge in [0.1, 0.15) is 22.5 Å². The average molecular weight is 503 g/mol. The molecule has 3 atom stereocenters. The number of ketones is 2. The standard InChI is InChI=1S/C24H27ClN4O4S/c1-14-21(34-23(28-14)15-6-5-9-26-10-15)22(32)27-11-18(31)24(7-3-2-4-8-24)29-12-16(25)20-19(29)17(30)13-33-20/h5-6,9-10,16,19-20H,2-4,7-8,11-13H2,1H3,(H,27,32)/t16-,19+,20+/m0/s1. The van der Waals surface area contributed by atoms with E-state index in [9.17, 15) is 14.4 Å². The van der Waals surface area contributed by atoms with Crippen LogP contribution in [0.5, 0.6) is 0 Å². The van der Waals surface area contributed by atoms with Gasteiger partial charge < -0.3 is 10.1 Å². The molecule has 0 aromatic carbocycles. The number of hydrogen-bond donors (Lipinski definition) is 1. The number of aryl methyl sites for hydroxylation is 1. The zero-order valence-corrected chi connectivity index (χ0v) is 20.5. The van der Waals surface area contributed by atoms with Gasteiger partial charge >= 0.3 is 0 Å². The number of fused-ring (bicyclic) bond motifs is 1. The molecule has 2 aromatic rings. The zero-order chi connectivity index (χ0) is 23.9. The Kier molecular flexibility index (Phi) is 6.54. The van der Waals surface area contributed by atoms with Crippen LogP contribution in [0.15, 0.2) is 24.5 Å². The molecule has 0 spiro atoms. The molecule has 3 aliphatic rings. The van der Waals surface area contributed by atoms with E-state index >= 15 is 0 Å². The minimum atomic E-state index is -0.801. The van der Waals surface area contributed by atoms with E-state index in [1.165, 1.54) is 11.3 Å². The fourth-order valence-corrected chi connectivity index (χ4v) is 6.86. The number of aromatic nitrogens is 2. The van der Waals surface area contributed by atoms with E-state index in [-0.39, 0.29) is 42.1 Å². The summed E-state index contributed by atoms with van der Waals surface area (Å²) in [4.78, 5) is 50.4. The first-order valence-electron chi connectivity index (χ1n) is 11.7. The van der Waals surface area contributed by atoms with Crippen molar-refractivity contribution in [3.8, 4) is 10.6 Å². The highest BCUT2D eigenvalue weighted by molar-refractivity contribution is 7.17. The SMILES string of the molecule is Cc1nc(-c2cccnc2)sc1C(=O)NCC(=O)C1(N2C[C@H](Cl)[C@H]3OCC(=O)[C@H]32)CCCCC1. The number of rotatable bonds is 6. The van der Waals surface area contributed by atoms with Crippen molar-refractivity contribution in [3.05, 3.63) is 35.1 Å². The molecule has 1 N–H and O–H groups in total. The number of likely N-dealkylation sites (tertiary alicyclic amines) is 1. The smallest absolute Gasteiger partial charge is 0.263 e. The van der Waals surface area contributed by atoms with Gasteiger partial charge in [-0.3, -0.25) is 24.3 Å². The number of hydrogen-bond acceptors (Lipinski definition) is 8. The summed E-state index contributed by atoms with van der Waals surface area (Å²) in [5.41, 5.74) is 0.655. The van der Waals surface area contributed by atoms with Crippen LogP contribution >= 0.6 is 22.9 Å². The molecule has 5 rings (SSSR count). The van der Waals surface area contributed by atoms with E-state index in [0.717, 1.165) is 24.8 Å². The highest BCUT2D eigenvalue weighted by Gasteiger charge is 2.58. The maximum Gasteiger partial charge on any atom is 0.263 e. The van der Waals surface area contributed by atoms with Gasteiger partial charge in [0.05, 0.1) is 29.3 Å². The van der Waals surface area contributed by atoms with Gasteiger partial charge in [0.25, 0.3) is 5.91 Å². The summed E-state index contributed by atoms with van der Waals surface area (Å²) in [6.07, 6.45) is 7.19. The Morgan fingerprint density at radius 3 is 2.85 bits per heavy atom. The molecule has 34 heavy (non-hydrogen) atoms. The fraction of sp³-hybridized carbons (Fsp3) is 0.542. The molecule has 1 saturated carbocycles. The topological polar surface area (TPSA) is 101 Å². The minimum absolute atomic E-state index is 0.0156. The van der Waals surface area contributed by atoms with Crippen LogP contribution in [0.2, 0.25) is 0 Å². The van der Waals surface area contributed by atoms with Crippen LogP contribution in [0, 0.1) is 6.92 Å². The number of alkyl halides is 1. The van der Waals surface area contributed by atoms with E-state index in [4.69, 9.17) is 16.3 Å². The number of carbonyl (C=O) groups is 3. The average Bonchev–Trinajstić information content (AvgIpc) is 3.54. The minimum Gasteiger partial charge on any atom is -0.367 e. The van der Waals surface area contributed by atoms with Crippen LogP contribution in [0.3, 0.4) is 0 Å². The number of carbonyl (C=O) groups excluding carboxylic acids is 3. The number of ether oxygens (including phenoxy) is 1. The van der Waals surface area contributed by atoms with Crippen LogP contribution in [0.4, 0.5) is 0 Å². The summed E-state index contributed by atoms with van der Waals surface area (Å²) >= 11 is 7.81. The van der Waals surface area contributed by atoms with Crippen molar-refractivity contribution >= 4 is 40.4 Å². The largest absolute Gasteiger partial charge is 0.367 e. The van der Waals surface area contributed by atoms with E-state index in [2.05, 4.69) is 15.3 Å². The summed E-state index contributed by atoms with van der Waals surface area (Å²) in [6, 6.07) is 3.24. The molecule has 8 nitrogen and oxygen atoms in total. The first-order valence-corrected chi connectivity index (χ1v) is 12.9. The first kappa shape index (κ1) is 23.5. The third-order valence-electron chi connectivity index (χ3n) is 7.19. The highest BCUT2D eigenvalue weighted by atomic mass is 35.5. The van der Waals surface area contributed by atoms with Crippen LogP contribution in [-0.2, 0) is 14.3 Å². The number of nitrogens with one attached hydrogen (secondary N) is 1. The van der Waals surface area contributed by atoms with Gasteiger partial charge in [0.15, 0.2) is 11.6 Å². The van der Waals surface area contributed by atoms with E-state index in [1.807, 2.05) is 17.0 Å². The summed E-state index contributed by atoms with van der Waals surface area (Å²) in [7, 11) is 0. The monoisotopic (exact) mass is 502 g/mol. The molecule has 0 radical (unpaired) electrons. The van der Waals surface area contributed by atoms with Crippen LogP contribution < -0.4 is 5.32 Å². The maximum absolute atomic E-state index is 13.7. The van der Waals surface area contributed by atoms with Gasteiger partial charge in [0, 0.05) is 24.5 Å². The Morgan fingerprint density at radius 1 is 1.32 bits per heavy atom. The number of nitrogens with zero attached hydrogens (tertiary/aromatic N) is 3.